The molecule has 4 amide bonds. The maximum absolute atomic E-state index is 12.9. The van der Waals surface area contributed by atoms with Crippen LogP contribution in [-0.2, 0) is 16.0 Å². The van der Waals surface area contributed by atoms with Crippen LogP contribution in [-0.4, -0.2) is 40.2 Å². The van der Waals surface area contributed by atoms with Crippen molar-refractivity contribution < 1.29 is 14.4 Å². The van der Waals surface area contributed by atoms with Crippen molar-refractivity contribution in [1.82, 2.24) is 9.80 Å². The molecule has 0 radical (unpaired) electrons. The molecule has 2 fully saturated rings. The molecule has 1 aliphatic carbocycles. The molecule has 6 heteroatoms. The second-order valence-corrected chi connectivity index (χ2v) is 7.98. The molecule has 0 bridgehead atoms. The molecule has 1 aromatic carbocycles. The van der Waals surface area contributed by atoms with Crippen LogP contribution in [0.3, 0.4) is 0 Å². The zero-order valence-corrected chi connectivity index (χ0v) is 15.4. The first-order valence-electron chi connectivity index (χ1n) is 8.70. The number of barbiturate groups is 1. The number of carbonyl (C=O) groups excluding carboxylic acids is 3. The molecule has 1 saturated carbocycles. The van der Waals surface area contributed by atoms with Crippen LogP contribution < -0.4 is 0 Å². The van der Waals surface area contributed by atoms with Gasteiger partial charge in [0.1, 0.15) is 6.42 Å². The Hall–Kier alpha value is -1.88. The maximum Gasteiger partial charge on any atom is 0.333 e. The Morgan fingerprint density at radius 2 is 1.96 bits per heavy atom. The monoisotopic (exact) mass is 362 g/mol. The maximum atomic E-state index is 12.9. The third-order valence-corrected chi connectivity index (χ3v) is 5.57. The van der Waals surface area contributed by atoms with E-state index in [9.17, 15) is 14.4 Å². The standard InChI is InChI=1S/C19H23ClN2O3/c1-19(2)9-4-7-15(19)22-17(24)12-16(23)21(18(22)25)10-8-13-5-3-6-14(20)11-13/h3,5-6,11,15H,4,7-10,12H2,1-2H3/t15-/m0/s1. The number of rotatable bonds is 4. The van der Waals surface area contributed by atoms with Crippen LogP contribution in [0.15, 0.2) is 24.3 Å². The van der Waals surface area contributed by atoms with Gasteiger partial charge in [-0.15, -0.1) is 0 Å². The van der Waals surface area contributed by atoms with Crippen molar-refractivity contribution in [3.8, 4) is 0 Å². The van der Waals surface area contributed by atoms with Crippen LogP contribution in [0.1, 0.15) is 45.1 Å². The molecule has 0 spiro atoms. The van der Waals surface area contributed by atoms with E-state index in [-0.39, 0.29) is 30.3 Å². The van der Waals surface area contributed by atoms with Crippen molar-refractivity contribution in [1.29, 1.82) is 0 Å². The first-order valence-corrected chi connectivity index (χ1v) is 9.08. The Kier molecular flexibility index (Phi) is 4.87. The minimum Gasteiger partial charge on any atom is -0.274 e. The van der Waals surface area contributed by atoms with Crippen molar-refractivity contribution in [3.63, 3.8) is 0 Å². The summed E-state index contributed by atoms with van der Waals surface area (Å²) >= 11 is 5.98. The van der Waals surface area contributed by atoms with E-state index < -0.39 is 11.9 Å². The van der Waals surface area contributed by atoms with Gasteiger partial charge in [0.05, 0.1) is 0 Å². The zero-order chi connectivity index (χ0) is 18.2. The molecule has 25 heavy (non-hydrogen) atoms. The summed E-state index contributed by atoms with van der Waals surface area (Å²) in [5, 5.41) is 0.623. The van der Waals surface area contributed by atoms with Crippen molar-refractivity contribution in [3.05, 3.63) is 34.9 Å². The highest BCUT2D eigenvalue weighted by atomic mass is 35.5. The summed E-state index contributed by atoms with van der Waals surface area (Å²) in [5.41, 5.74) is 0.849. The molecule has 0 aromatic heterocycles. The first kappa shape index (κ1) is 17.9. The fourth-order valence-corrected chi connectivity index (χ4v) is 4.11. The lowest BCUT2D eigenvalue weighted by Gasteiger charge is -2.41. The predicted octanol–water partition coefficient (Wildman–Crippen LogP) is 3.64. The second kappa shape index (κ2) is 6.79. The number of benzene rings is 1. The van der Waals surface area contributed by atoms with Crippen LogP contribution in [0, 0.1) is 5.41 Å². The Balaban J connectivity index is 1.76. The SMILES string of the molecule is CC1(C)CCC[C@@H]1N1C(=O)CC(=O)N(CCc2cccc(Cl)c2)C1=O. The smallest absolute Gasteiger partial charge is 0.274 e. The number of carbonyl (C=O) groups is 3. The Morgan fingerprint density at radius 1 is 1.20 bits per heavy atom. The lowest BCUT2D eigenvalue weighted by atomic mass is 9.86. The normalized spacial score (nSPS) is 23.5. The molecule has 1 aliphatic heterocycles. The molecule has 2 aliphatic rings. The van der Waals surface area contributed by atoms with Crippen LogP contribution in [0.4, 0.5) is 4.79 Å². The van der Waals surface area contributed by atoms with E-state index in [0.717, 1.165) is 24.8 Å². The van der Waals surface area contributed by atoms with Gasteiger partial charge in [-0.1, -0.05) is 44.0 Å². The highest BCUT2D eigenvalue weighted by Crippen LogP contribution is 2.41. The Labute approximate surface area is 152 Å². The lowest BCUT2D eigenvalue weighted by molar-refractivity contribution is -0.145. The topological polar surface area (TPSA) is 57.7 Å². The van der Waals surface area contributed by atoms with Gasteiger partial charge < -0.3 is 0 Å². The second-order valence-electron chi connectivity index (χ2n) is 7.54. The number of hydrogen-bond acceptors (Lipinski definition) is 3. The molecule has 1 heterocycles. The average Bonchev–Trinajstić information content (AvgIpc) is 2.86. The van der Waals surface area contributed by atoms with Gasteiger partial charge in [-0.3, -0.25) is 19.4 Å². The first-order chi connectivity index (χ1) is 11.8. The predicted molar refractivity (Wildman–Crippen MR) is 95.1 cm³/mol. The summed E-state index contributed by atoms with van der Waals surface area (Å²) in [4.78, 5) is 40.1. The minimum absolute atomic E-state index is 0.107. The molecule has 1 saturated heterocycles. The fourth-order valence-electron chi connectivity index (χ4n) is 3.90. The molecule has 1 aromatic rings. The van der Waals surface area contributed by atoms with E-state index >= 15 is 0 Å². The molecule has 0 unspecified atom stereocenters. The van der Waals surface area contributed by atoms with Crippen molar-refractivity contribution in [2.45, 2.75) is 52.0 Å². The van der Waals surface area contributed by atoms with Gasteiger partial charge in [-0.2, -0.15) is 0 Å². The summed E-state index contributed by atoms with van der Waals surface area (Å²) in [6.45, 7) is 4.42. The number of nitrogens with zero attached hydrogens (tertiary/aromatic N) is 2. The van der Waals surface area contributed by atoms with Gasteiger partial charge in [-0.25, -0.2) is 4.79 Å². The fraction of sp³-hybridized carbons (Fsp3) is 0.526. The van der Waals surface area contributed by atoms with Gasteiger partial charge in [0.25, 0.3) is 0 Å². The van der Waals surface area contributed by atoms with Crippen LogP contribution >= 0.6 is 11.6 Å². The van der Waals surface area contributed by atoms with Crippen molar-refractivity contribution in [2.24, 2.45) is 5.41 Å². The Morgan fingerprint density at radius 3 is 2.60 bits per heavy atom. The van der Waals surface area contributed by atoms with Gasteiger partial charge in [0.2, 0.25) is 11.8 Å². The molecule has 3 rings (SSSR count). The van der Waals surface area contributed by atoms with Gasteiger partial charge >= 0.3 is 6.03 Å². The number of urea groups is 1. The summed E-state index contributed by atoms with van der Waals surface area (Å²) in [5.74, 6) is -0.780. The molecular formula is C19H23ClN2O3. The summed E-state index contributed by atoms with van der Waals surface area (Å²) in [6, 6.07) is 6.76. The van der Waals surface area contributed by atoms with Crippen LogP contribution in [0.25, 0.3) is 0 Å². The highest BCUT2D eigenvalue weighted by Gasteiger charge is 2.48. The molecule has 0 N–H and O–H groups in total. The average molecular weight is 363 g/mol. The molecule has 134 valence electrons. The van der Waals surface area contributed by atoms with E-state index in [0.29, 0.717) is 11.4 Å². The van der Waals surface area contributed by atoms with E-state index in [2.05, 4.69) is 13.8 Å². The van der Waals surface area contributed by atoms with E-state index in [1.54, 1.807) is 6.07 Å². The van der Waals surface area contributed by atoms with E-state index in [1.807, 2.05) is 18.2 Å². The third kappa shape index (κ3) is 3.56. The number of hydrogen-bond donors (Lipinski definition) is 0. The molecule has 5 nitrogen and oxygen atoms in total. The summed E-state index contributed by atoms with van der Waals surface area (Å²) in [7, 11) is 0. The zero-order valence-electron chi connectivity index (χ0n) is 14.6. The highest BCUT2D eigenvalue weighted by molar-refractivity contribution is 6.30. The minimum atomic E-state index is -0.469. The van der Waals surface area contributed by atoms with Crippen LogP contribution in [0.2, 0.25) is 5.02 Å². The lowest BCUT2D eigenvalue weighted by Crippen LogP contribution is -2.60. The van der Waals surface area contributed by atoms with Gasteiger partial charge in [-0.05, 0) is 42.4 Å². The number of imide groups is 2. The van der Waals surface area contributed by atoms with Crippen molar-refractivity contribution >= 4 is 29.4 Å². The largest absolute Gasteiger partial charge is 0.333 e. The third-order valence-electron chi connectivity index (χ3n) is 5.33. The summed E-state index contributed by atoms with van der Waals surface area (Å²) in [6.07, 6.45) is 3.07. The quantitative estimate of drug-likeness (QED) is 0.768. The molecular weight excluding hydrogens is 340 g/mol. The number of amides is 4. The van der Waals surface area contributed by atoms with Crippen molar-refractivity contribution in [2.75, 3.05) is 6.54 Å². The Bertz CT molecular complexity index is 716. The summed E-state index contributed by atoms with van der Waals surface area (Å²) < 4.78 is 0. The molecule has 1 atom stereocenters. The van der Waals surface area contributed by atoms with Crippen LogP contribution in [0.5, 0.6) is 0 Å². The van der Waals surface area contributed by atoms with E-state index in [4.69, 9.17) is 11.6 Å². The van der Waals surface area contributed by atoms with Gasteiger partial charge in [0.15, 0.2) is 0 Å². The van der Waals surface area contributed by atoms with E-state index in [1.165, 1.54) is 9.80 Å². The number of halogens is 1. The van der Waals surface area contributed by atoms with Gasteiger partial charge in [0, 0.05) is 17.6 Å².